The van der Waals surface area contributed by atoms with Gasteiger partial charge in [0.15, 0.2) is 0 Å². The summed E-state index contributed by atoms with van der Waals surface area (Å²) in [4.78, 5) is 26.4. The number of nitrogens with zero attached hydrogens (tertiary/aromatic N) is 5. The Balaban J connectivity index is 2.15. The zero-order valence-electron chi connectivity index (χ0n) is 12.5. The Morgan fingerprint density at radius 2 is 2.05 bits per heavy atom. The average molecular weight is 295 g/mol. The second kappa shape index (κ2) is 6.64. The zero-order valence-corrected chi connectivity index (χ0v) is 12.5. The van der Waals surface area contributed by atoms with E-state index in [0.29, 0.717) is 19.4 Å². The number of amides is 1. The van der Waals surface area contributed by atoms with E-state index in [4.69, 9.17) is 4.74 Å². The highest BCUT2D eigenvalue weighted by Gasteiger charge is 2.46. The molecule has 8 heteroatoms. The number of carbonyl (C=O) groups is 2. The highest BCUT2D eigenvalue weighted by molar-refractivity contribution is 5.88. The van der Waals surface area contributed by atoms with Crippen LogP contribution in [0.1, 0.15) is 39.0 Å². The van der Waals surface area contributed by atoms with Gasteiger partial charge in [-0.3, -0.25) is 4.79 Å². The second-order valence-corrected chi connectivity index (χ2v) is 5.27. The summed E-state index contributed by atoms with van der Waals surface area (Å²) in [5.41, 5.74) is -0.848. The van der Waals surface area contributed by atoms with Crippen molar-refractivity contribution in [2.45, 2.75) is 51.1 Å². The van der Waals surface area contributed by atoms with Gasteiger partial charge in [0, 0.05) is 7.05 Å². The molecule has 2 rings (SSSR count). The minimum atomic E-state index is -0.848. The molecule has 0 saturated heterocycles. The van der Waals surface area contributed by atoms with E-state index in [2.05, 4.69) is 15.5 Å². The predicted molar refractivity (Wildman–Crippen MR) is 73.0 cm³/mol. The normalized spacial score (nSPS) is 17.2. The lowest BCUT2D eigenvalue weighted by Crippen LogP contribution is -2.57. The number of likely N-dealkylation sites (N-methyl/N-ethyl adjacent to an activating group) is 1. The van der Waals surface area contributed by atoms with E-state index in [9.17, 15) is 9.59 Å². The third kappa shape index (κ3) is 3.20. The van der Waals surface area contributed by atoms with Gasteiger partial charge in [-0.2, -0.15) is 0 Å². The lowest BCUT2D eigenvalue weighted by molar-refractivity contribution is -0.165. The molecule has 0 atom stereocenters. The van der Waals surface area contributed by atoms with Crippen LogP contribution in [0.2, 0.25) is 0 Å². The van der Waals surface area contributed by atoms with Crippen LogP contribution >= 0.6 is 0 Å². The van der Waals surface area contributed by atoms with Gasteiger partial charge < -0.3 is 9.64 Å². The van der Waals surface area contributed by atoms with Crippen molar-refractivity contribution in [2.75, 3.05) is 13.7 Å². The summed E-state index contributed by atoms with van der Waals surface area (Å²) in [5, 5.41) is 10.7. The van der Waals surface area contributed by atoms with E-state index in [0.717, 1.165) is 19.3 Å². The Morgan fingerprint density at radius 3 is 2.62 bits per heavy atom. The molecule has 1 saturated carbocycles. The maximum Gasteiger partial charge on any atom is 0.332 e. The summed E-state index contributed by atoms with van der Waals surface area (Å²) in [5.74, 6) is -0.505. The minimum absolute atomic E-state index is 0.0185. The number of ether oxygens (including phenoxy) is 1. The standard InChI is InChI=1S/C13H21N5O3/c1-3-21-12(20)13(7-5-4-6-8-13)17(2)11(19)9-18-10-14-15-16-18/h10H,3-9H2,1-2H3. The summed E-state index contributed by atoms with van der Waals surface area (Å²) in [6, 6.07) is 0. The summed E-state index contributed by atoms with van der Waals surface area (Å²) >= 11 is 0. The van der Waals surface area contributed by atoms with Crippen molar-refractivity contribution in [1.82, 2.24) is 25.1 Å². The molecule has 1 aliphatic carbocycles. The second-order valence-electron chi connectivity index (χ2n) is 5.27. The molecule has 1 aliphatic rings. The summed E-state index contributed by atoms with van der Waals surface area (Å²) in [7, 11) is 1.66. The summed E-state index contributed by atoms with van der Waals surface area (Å²) in [6.07, 6.45) is 5.58. The number of hydrogen-bond acceptors (Lipinski definition) is 6. The molecule has 0 aromatic carbocycles. The van der Waals surface area contributed by atoms with Crippen LogP contribution in [0.25, 0.3) is 0 Å². The van der Waals surface area contributed by atoms with Gasteiger partial charge in [-0.15, -0.1) is 5.10 Å². The van der Waals surface area contributed by atoms with Crippen molar-refractivity contribution >= 4 is 11.9 Å². The maximum atomic E-state index is 12.4. The molecule has 0 aliphatic heterocycles. The molecule has 1 aromatic rings. The molecule has 0 radical (unpaired) electrons. The Bertz CT molecular complexity index is 482. The van der Waals surface area contributed by atoms with Crippen LogP contribution < -0.4 is 0 Å². The summed E-state index contributed by atoms with van der Waals surface area (Å²) in [6.45, 7) is 2.11. The van der Waals surface area contributed by atoms with Gasteiger partial charge in [-0.25, -0.2) is 9.48 Å². The molecule has 0 bridgehead atoms. The first-order valence-electron chi connectivity index (χ1n) is 7.25. The molecule has 1 aromatic heterocycles. The first-order valence-corrected chi connectivity index (χ1v) is 7.25. The quantitative estimate of drug-likeness (QED) is 0.730. The molecule has 116 valence electrons. The molecule has 8 nitrogen and oxygen atoms in total. The Hall–Kier alpha value is -1.99. The molecular weight excluding hydrogens is 274 g/mol. The summed E-state index contributed by atoms with van der Waals surface area (Å²) < 4.78 is 6.56. The molecule has 0 spiro atoms. The van der Waals surface area contributed by atoms with Gasteiger partial charge >= 0.3 is 5.97 Å². The van der Waals surface area contributed by atoms with E-state index < -0.39 is 5.54 Å². The maximum absolute atomic E-state index is 12.4. The molecule has 1 fully saturated rings. The fourth-order valence-electron chi connectivity index (χ4n) is 2.81. The fourth-order valence-corrected chi connectivity index (χ4v) is 2.81. The molecule has 21 heavy (non-hydrogen) atoms. The smallest absolute Gasteiger partial charge is 0.332 e. The van der Waals surface area contributed by atoms with E-state index in [1.807, 2.05) is 0 Å². The van der Waals surface area contributed by atoms with Gasteiger partial charge in [0.25, 0.3) is 0 Å². The van der Waals surface area contributed by atoms with Gasteiger partial charge in [0.1, 0.15) is 18.4 Å². The van der Waals surface area contributed by atoms with E-state index in [1.54, 1.807) is 14.0 Å². The lowest BCUT2D eigenvalue weighted by atomic mass is 9.80. The van der Waals surface area contributed by atoms with Crippen molar-refractivity contribution < 1.29 is 14.3 Å². The first kappa shape index (κ1) is 15.4. The minimum Gasteiger partial charge on any atom is -0.464 e. The number of hydrogen-bond donors (Lipinski definition) is 0. The third-order valence-corrected chi connectivity index (χ3v) is 4.04. The van der Waals surface area contributed by atoms with Crippen LogP contribution in [0.3, 0.4) is 0 Å². The molecule has 0 unspecified atom stereocenters. The van der Waals surface area contributed by atoms with E-state index in [1.165, 1.54) is 15.9 Å². The van der Waals surface area contributed by atoms with Crippen molar-refractivity contribution in [3.05, 3.63) is 6.33 Å². The SMILES string of the molecule is CCOC(=O)C1(N(C)C(=O)Cn2cnnn2)CCCCC1. The Morgan fingerprint density at radius 1 is 1.33 bits per heavy atom. The molecule has 1 heterocycles. The van der Waals surface area contributed by atoms with Crippen LogP contribution in [0.4, 0.5) is 0 Å². The van der Waals surface area contributed by atoms with Crippen molar-refractivity contribution in [2.24, 2.45) is 0 Å². The lowest BCUT2D eigenvalue weighted by Gasteiger charge is -2.42. The largest absolute Gasteiger partial charge is 0.464 e. The van der Waals surface area contributed by atoms with E-state index in [-0.39, 0.29) is 18.4 Å². The highest BCUT2D eigenvalue weighted by atomic mass is 16.5. The highest BCUT2D eigenvalue weighted by Crippen LogP contribution is 2.34. The number of carbonyl (C=O) groups excluding carboxylic acids is 2. The third-order valence-electron chi connectivity index (χ3n) is 4.04. The topological polar surface area (TPSA) is 90.2 Å². The predicted octanol–water partition coefficient (Wildman–Crippen LogP) is 0.397. The van der Waals surface area contributed by atoms with Crippen LogP contribution in [0.15, 0.2) is 6.33 Å². The Labute approximate surface area is 123 Å². The zero-order chi connectivity index (χ0) is 15.3. The molecular formula is C13H21N5O3. The first-order chi connectivity index (χ1) is 10.1. The van der Waals surface area contributed by atoms with E-state index >= 15 is 0 Å². The molecule has 1 amide bonds. The number of aromatic nitrogens is 4. The van der Waals surface area contributed by atoms with Crippen molar-refractivity contribution in [3.63, 3.8) is 0 Å². The number of rotatable bonds is 5. The van der Waals surface area contributed by atoms with Gasteiger partial charge in [-0.05, 0) is 30.2 Å². The van der Waals surface area contributed by atoms with Gasteiger partial charge in [0.05, 0.1) is 6.61 Å². The number of esters is 1. The number of tetrazole rings is 1. The van der Waals surface area contributed by atoms with Crippen molar-refractivity contribution in [3.8, 4) is 0 Å². The molecule has 0 N–H and O–H groups in total. The van der Waals surface area contributed by atoms with Crippen LogP contribution in [-0.2, 0) is 20.9 Å². The average Bonchev–Trinajstić information content (AvgIpc) is 3.00. The van der Waals surface area contributed by atoms with Crippen LogP contribution in [-0.4, -0.2) is 56.2 Å². The van der Waals surface area contributed by atoms with Crippen molar-refractivity contribution in [1.29, 1.82) is 0 Å². The van der Waals surface area contributed by atoms with Gasteiger partial charge in [0.2, 0.25) is 5.91 Å². The van der Waals surface area contributed by atoms with Crippen LogP contribution in [0, 0.1) is 0 Å². The Kier molecular flexibility index (Phi) is 4.87. The van der Waals surface area contributed by atoms with Crippen LogP contribution in [0.5, 0.6) is 0 Å². The fraction of sp³-hybridized carbons (Fsp3) is 0.769. The monoisotopic (exact) mass is 295 g/mol. The van der Waals surface area contributed by atoms with Gasteiger partial charge in [-0.1, -0.05) is 19.3 Å².